The molecule has 1 aliphatic rings. The van der Waals surface area contributed by atoms with E-state index in [2.05, 4.69) is 0 Å². The second-order valence-electron chi connectivity index (χ2n) is 5.80. The third-order valence-electron chi connectivity index (χ3n) is 4.10. The van der Waals surface area contributed by atoms with Crippen LogP contribution in [0.1, 0.15) is 20.7 Å². The molecule has 0 atom stereocenters. The van der Waals surface area contributed by atoms with E-state index in [-0.39, 0.29) is 11.7 Å². The number of Topliss-reactive ketones (excluding diaryl/α,β-unsaturated/α-hetero) is 1. The highest BCUT2D eigenvalue weighted by atomic mass is 32.2. The summed E-state index contributed by atoms with van der Waals surface area (Å²) in [6.07, 6.45) is 1.65. The molecule has 0 saturated heterocycles. The Kier molecular flexibility index (Phi) is 4.42. The molecule has 126 valence electrons. The zero-order chi connectivity index (χ0) is 17.9. The molecule has 0 saturated carbocycles. The van der Waals surface area contributed by atoms with Crippen LogP contribution in [0.15, 0.2) is 101 Å². The van der Waals surface area contributed by atoms with Crippen molar-refractivity contribution in [1.82, 2.24) is 0 Å². The molecule has 1 heterocycles. The van der Waals surface area contributed by atoms with Gasteiger partial charge in [0.25, 0.3) is 5.91 Å². The van der Waals surface area contributed by atoms with Gasteiger partial charge in [0, 0.05) is 27.9 Å². The van der Waals surface area contributed by atoms with Crippen LogP contribution in [0.4, 0.5) is 5.69 Å². The van der Waals surface area contributed by atoms with Crippen molar-refractivity contribution in [1.29, 1.82) is 0 Å². The summed E-state index contributed by atoms with van der Waals surface area (Å²) in [5.41, 5.74) is 1.98. The van der Waals surface area contributed by atoms with Gasteiger partial charge in [0.05, 0.1) is 4.91 Å². The fraction of sp³-hybridized carbons (Fsp3) is 0. The summed E-state index contributed by atoms with van der Waals surface area (Å²) in [5.74, 6) is -0.221. The van der Waals surface area contributed by atoms with Crippen LogP contribution in [0.2, 0.25) is 0 Å². The van der Waals surface area contributed by atoms with Gasteiger partial charge in [-0.3, -0.25) is 14.5 Å². The first-order valence-electron chi connectivity index (χ1n) is 8.21. The molecule has 0 bridgehead atoms. The zero-order valence-corrected chi connectivity index (χ0v) is 14.6. The van der Waals surface area contributed by atoms with Gasteiger partial charge in [0.15, 0.2) is 0 Å². The third-order valence-corrected chi connectivity index (χ3v) is 5.18. The molecule has 3 nitrogen and oxygen atoms in total. The predicted octanol–water partition coefficient (Wildman–Crippen LogP) is 5.16. The monoisotopic (exact) mass is 357 g/mol. The average molecular weight is 357 g/mol. The first-order chi connectivity index (χ1) is 12.7. The van der Waals surface area contributed by atoms with E-state index in [0.717, 1.165) is 10.6 Å². The number of ketones is 1. The van der Waals surface area contributed by atoms with Crippen LogP contribution >= 0.6 is 11.8 Å². The van der Waals surface area contributed by atoms with E-state index in [0.29, 0.717) is 16.0 Å². The number of hydrogen-bond donors (Lipinski definition) is 0. The molecule has 0 aromatic heterocycles. The van der Waals surface area contributed by atoms with Gasteiger partial charge in [-0.15, -0.1) is 0 Å². The van der Waals surface area contributed by atoms with Crippen molar-refractivity contribution in [3.63, 3.8) is 0 Å². The van der Waals surface area contributed by atoms with E-state index in [1.165, 1.54) is 11.8 Å². The van der Waals surface area contributed by atoms with Gasteiger partial charge in [-0.05, 0) is 36.4 Å². The molecule has 0 radical (unpaired) electrons. The van der Waals surface area contributed by atoms with E-state index in [9.17, 15) is 9.59 Å². The number of benzene rings is 3. The van der Waals surface area contributed by atoms with Crippen molar-refractivity contribution in [2.24, 2.45) is 0 Å². The quantitative estimate of drug-likeness (QED) is 0.607. The fourth-order valence-corrected chi connectivity index (χ4v) is 3.82. The van der Waals surface area contributed by atoms with Crippen LogP contribution in [0.3, 0.4) is 0 Å². The molecule has 0 aliphatic carbocycles. The highest BCUT2D eigenvalue weighted by Gasteiger charge is 2.27. The number of rotatable bonds is 3. The van der Waals surface area contributed by atoms with Crippen molar-refractivity contribution >= 4 is 29.1 Å². The minimum absolute atomic E-state index is 0.0487. The van der Waals surface area contributed by atoms with E-state index in [1.807, 2.05) is 72.8 Å². The van der Waals surface area contributed by atoms with Crippen molar-refractivity contribution in [3.05, 3.63) is 107 Å². The molecule has 26 heavy (non-hydrogen) atoms. The maximum atomic E-state index is 13.1. The van der Waals surface area contributed by atoms with E-state index in [4.69, 9.17) is 0 Å². The molecular weight excluding hydrogens is 342 g/mol. The minimum Gasteiger partial charge on any atom is -0.288 e. The predicted molar refractivity (Wildman–Crippen MR) is 104 cm³/mol. The largest absolute Gasteiger partial charge is 0.288 e. The molecule has 3 aromatic carbocycles. The molecule has 1 aliphatic heterocycles. The Bertz CT molecular complexity index is 997. The van der Waals surface area contributed by atoms with Crippen LogP contribution in [0.5, 0.6) is 0 Å². The molecular formula is C22H15NO2S. The van der Waals surface area contributed by atoms with Crippen LogP contribution in [-0.4, -0.2) is 11.7 Å². The smallest absolute Gasteiger partial charge is 0.262 e. The Morgan fingerprint density at radius 1 is 0.808 bits per heavy atom. The number of anilines is 1. The summed E-state index contributed by atoms with van der Waals surface area (Å²) >= 11 is 1.40. The summed E-state index contributed by atoms with van der Waals surface area (Å²) in [4.78, 5) is 28.8. The molecule has 4 rings (SSSR count). The van der Waals surface area contributed by atoms with Gasteiger partial charge in [-0.2, -0.15) is 0 Å². The van der Waals surface area contributed by atoms with Gasteiger partial charge >= 0.3 is 0 Å². The van der Waals surface area contributed by atoms with Crippen molar-refractivity contribution < 1.29 is 9.59 Å². The summed E-state index contributed by atoms with van der Waals surface area (Å²) < 4.78 is 0. The number of amides is 1. The molecule has 4 heteroatoms. The summed E-state index contributed by atoms with van der Waals surface area (Å²) in [7, 11) is 0. The second kappa shape index (κ2) is 7.02. The lowest BCUT2D eigenvalue weighted by Crippen LogP contribution is -2.26. The summed E-state index contributed by atoms with van der Waals surface area (Å²) in [6, 6.07) is 25.9. The topological polar surface area (TPSA) is 37.4 Å². The molecule has 0 unspecified atom stereocenters. The first kappa shape index (κ1) is 16.4. The lowest BCUT2D eigenvalue weighted by molar-refractivity contribution is 0.0997. The Morgan fingerprint density at radius 2 is 1.42 bits per heavy atom. The lowest BCUT2D eigenvalue weighted by Gasteiger charge is -2.19. The number of hydrogen-bond acceptors (Lipinski definition) is 3. The van der Waals surface area contributed by atoms with Crippen molar-refractivity contribution in [2.45, 2.75) is 4.90 Å². The number of carbonyl (C=O) groups is 2. The number of thioether (sulfide) groups is 1. The van der Waals surface area contributed by atoms with Crippen LogP contribution < -0.4 is 4.90 Å². The molecule has 3 aromatic rings. The van der Waals surface area contributed by atoms with Crippen LogP contribution in [0.25, 0.3) is 0 Å². The van der Waals surface area contributed by atoms with Gasteiger partial charge < -0.3 is 0 Å². The van der Waals surface area contributed by atoms with Gasteiger partial charge in [0.2, 0.25) is 5.78 Å². The van der Waals surface area contributed by atoms with Crippen molar-refractivity contribution in [3.8, 4) is 0 Å². The van der Waals surface area contributed by atoms with Gasteiger partial charge in [0.1, 0.15) is 0 Å². The number of carbonyl (C=O) groups excluding carboxylic acids is 2. The average Bonchev–Trinajstić information content (AvgIpc) is 3.03. The van der Waals surface area contributed by atoms with Gasteiger partial charge in [-0.25, -0.2) is 0 Å². The first-order valence-corrected chi connectivity index (χ1v) is 9.03. The highest BCUT2D eigenvalue weighted by Crippen LogP contribution is 2.40. The molecule has 0 spiro atoms. The fourth-order valence-electron chi connectivity index (χ4n) is 2.80. The number of para-hydroxylation sites is 1. The Labute approximate surface area is 156 Å². The third kappa shape index (κ3) is 3.07. The standard InChI is InChI=1S/C22H15NO2S/c24-21-18-13-7-8-14-19(18)26-20(21)15-23(17-11-5-2-6-12-17)22(25)16-9-3-1-4-10-16/h1-15H/b20-15-. The minimum atomic E-state index is -0.173. The highest BCUT2D eigenvalue weighted by molar-refractivity contribution is 8.04. The zero-order valence-electron chi connectivity index (χ0n) is 13.8. The van der Waals surface area contributed by atoms with Gasteiger partial charge in [-0.1, -0.05) is 60.3 Å². The SMILES string of the molecule is O=C1/C(=C/N(C(=O)c2ccccc2)c2ccccc2)Sc2ccccc21. The number of allylic oxidation sites excluding steroid dienone is 1. The van der Waals surface area contributed by atoms with E-state index >= 15 is 0 Å². The Balaban J connectivity index is 1.76. The number of nitrogens with zero attached hydrogens (tertiary/aromatic N) is 1. The molecule has 0 fully saturated rings. The second-order valence-corrected chi connectivity index (χ2v) is 6.88. The maximum Gasteiger partial charge on any atom is 0.262 e. The normalized spacial score (nSPS) is 14.3. The number of fused-ring (bicyclic) bond motifs is 1. The Hall–Kier alpha value is -3.11. The van der Waals surface area contributed by atoms with E-state index < -0.39 is 0 Å². The Morgan fingerprint density at radius 3 is 2.12 bits per heavy atom. The van der Waals surface area contributed by atoms with E-state index in [1.54, 1.807) is 23.2 Å². The maximum absolute atomic E-state index is 13.1. The van der Waals surface area contributed by atoms with Crippen LogP contribution in [-0.2, 0) is 0 Å². The van der Waals surface area contributed by atoms with Crippen LogP contribution in [0, 0.1) is 0 Å². The molecule has 1 amide bonds. The summed E-state index contributed by atoms with van der Waals surface area (Å²) in [5, 5.41) is 0. The summed E-state index contributed by atoms with van der Waals surface area (Å²) in [6.45, 7) is 0. The molecule has 0 N–H and O–H groups in total. The lowest BCUT2D eigenvalue weighted by atomic mass is 10.1. The van der Waals surface area contributed by atoms with Crippen molar-refractivity contribution in [2.75, 3.05) is 4.90 Å².